The number of hydrogen-bond donors (Lipinski definition) is 2. The maximum absolute atomic E-state index is 13.0. The standard InChI is InChI=1S/C33H37N5OS/c1-6-25-13-10-12-22(3)31(25)38-23(4)20-27(24(38)5)32-30(28-15-7-8-17-34-28)36-33(40)37(32)18-16-29(39)35-26-14-9-11-21(2)19-26/h7-15,17,19-20,30,32H,6,16,18H2,1-5H3,(H,35,39)(H,36,40)/t30-,32-/m1/s1. The minimum absolute atomic E-state index is 0.0357. The normalized spacial score (nSPS) is 16.7. The van der Waals surface area contributed by atoms with E-state index in [4.69, 9.17) is 12.2 Å². The Morgan fingerprint density at radius 1 is 1.02 bits per heavy atom. The molecule has 3 heterocycles. The van der Waals surface area contributed by atoms with Gasteiger partial charge in [-0.15, -0.1) is 0 Å². The smallest absolute Gasteiger partial charge is 0.226 e. The van der Waals surface area contributed by atoms with E-state index in [0.717, 1.165) is 23.4 Å². The highest BCUT2D eigenvalue weighted by molar-refractivity contribution is 7.80. The Morgan fingerprint density at radius 2 is 1.82 bits per heavy atom. The van der Waals surface area contributed by atoms with Crippen molar-refractivity contribution in [2.75, 3.05) is 11.9 Å². The highest BCUT2D eigenvalue weighted by atomic mass is 32.1. The second-order valence-corrected chi connectivity index (χ2v) is 11.0. The molecule has 2 aromatic heterocycles. The van der Waals surface area contributed by atoms with Gasteiger partial charge in [-0.2, -0.15) is 0 Å². The largest absolute Gasteiger partial charge is 0.352 e. The van der Waals surface area contributed by atoms with Crippen molar-refractivity contribution in [1.29, 1.82) is 0 Å². The van der Waals surface area contributed by atoms with E-state index >= 15 is 0 Å². The number of nitrogens with one attached hydrogen (secondary N) is 2. The molecule has 2 aromatic carbocycles. The Hall–Kier alpha value is -3.97. The summed E-state index contributed by atoms with van der Waals surface area (Å²) in [6.07, 6.45) is 3.09. The van der Waals surface area contributed by atoms with Crippen LogP contribution in [0, 0.1) is 27.7 Å². The van der Waals surface area contributed by atoms with Gasteiger partial charge in [0.25, 0.3) is 0 Å². The number of anilines is 1. The van der Waals surface area contributed by atoms with Crippen molar-refractivity contribution in [3.8, 4) is 5.69 Å². The van der Waals surface area contributed by atoms with Crippen LogP contribution in [-0.2, 0) is 11.2 Å². The third-order valence-electron chi connectivity index (χ3n) is 7.79. The lowest BCUT2D eigenvalue weighted by molar-refractivity contribution is -0.116. The summed E-state index contributed by atoms with van der Waals surface area (Å²) in [5.41, 5.74) is 10.2. The average Bonchev–Trinajstić information content (AvgIpc) is 3.42. The van der Waals surface area contributed by atoms with Crippen LogP contribution in [0.4, 0.5) is 5.69 Å². The molecule has 1 fully saturated rings. The number of hydrogen-bond acceptors (Lipinski definition) is 3. The average molecular weight is 552 g/mol. The Kier molecular flexibility index (Phi) is 8.03. The molecule has 40 heavy (non-hydrogen) atoms. The summed E-state index contributed by atoms with van der Waals surface area (Å²) in [6, 6.07) is 22.4. The zero-order valence-corrected chi connectivity index (χ0v) is 24.7. The second kappa shape index (κ2) is 11.6. The molecular formula is C33H37N5OS. The molecule has 4 aromatic rings. The molecule has 0 saturated carbocycles. The molecule has 1 amide bonds. The Labute approximate surface area is 242 Å². The van der Waals surface area contributed by atoms with Gasteiger partial charge in [-0.3, -0.25) is 9.78 Å². The number of aromatic nitrogens is 2. The fraction of sp³-hybridized carbons (Fsp3) is 0.303. The van der Waals surface area contributed by atoms with Gasteiger partial charge in [-0.1, -0.05) is 43.3 Å². The van der Waals surface area contributed by atoms with Gasteiger partial charge in [0.1, 0.15) is 0 Å². The molecule has 7 heteroatoms. The predicted molar refractivity (Wildman–Crippen MR) is 166 cm³/mol. The van der Waals surface area contributed by atoms with Gasteiger partial charge in [0.15, 0.2) is 5.11 Å². The van der Waals surface area contributed by atoms with Crippen LogP contribution in [0.2, 0.25) is 0 Å². The fourth-order valence-corrected chi connectivity index (χ4v) is 6.24. The Balaban J connectivity index is 1.51. The molecule has 206 valence electrons. The number of rotatable bonds is 8. The van der Waals surface area contributed by atoms with Crippen LogP contribution in [0.25, 0.3) is 5.69 Å². The van der Waals surface area contributed by atoms with E-state index in [1.807, 2.05) is 55.6 Å². The Bertz CT molecular complexity index is 1540. The topological polar surface area (TPSA) is 62.2 Å². The van der Waals surface area contributed by atoms with Crippen molar-refractivity contribution in [2.24, 2.45) is 0 Å². The van der Waals surface area contributed by atoms with Gasteiger partial charge in [0.2, 0.25) is 5.91 Å². The summed E-state index contributed by atoms with van der Waals surface area (Å²) in [6.45, 7) is 11.2. The maximum atomic E-state index is 13.0. The number of carbonyl (C=O) groups is 1. The van der Waals surface area contributed by atoms with Crippen LogP contribution >= 0.6 is 12.2 Å². The van der Waals surface area contributed by atoms with Crippen molar-refractivity contribution in [2.45, 2.75) is 59.5 Å². The first-order valence-electron chi connectivity index (χ1n) is 13.9. The first-order chi connectivity index (χ1) is 19.3. The van der Waals surface area contributed by atoms with Gasteiger partial charge in [-0.25, -0.2) is 0 Å². The molecule has 0 bridgehead atoms. The molecule has 2 atom stereocenters. The third-order valence-corrected chi connectivity index (χ3v) is 8.15. The van der Waals surface area contributed by atoms with Crippen molar-refractivity contribution in [1.82, 2.24) is 19.8 Å². The summed E-state index contributed by atoms with van der Waals surface area (Å²) in [4.78, 5) is 19.8. The summed E-state index contributed by atoms with van der Waals surface area (Å²) in [5.74, 6) is -0.0357. The summed E-state index contributed by atoms with van der Waals surface area (Å²) < 4.78 is 2.38. The zero-order valence-electron chi connectivity index (χ0n) is 23.9. The predicted octanol–water partition coefficient (Wildman–Crippen LogP) is 6.67. The van der Waals surface area contributed by atoms with E-state index in [0.29, 0.717) is 18.1 Å². The molecule has 1 saturated heterocycles. The van der Waals surface area contributed by atoms with Crippen LogP contribution in [0.5, 0.6) is 0 Å². The van der Waals surface area contributed by atoms with Crippen LogP contribution in [0.3, 0.4) is 0 Å². The number of aryl methyl sites for hydroxylation is 4. The summed E-state index contributed by atoms with van der Waals surface area (Å²) in [5, 5.41) is 7.21. The van der Waals surface area contributed by atoms with Crippen molar-refractivity contribution in [3.63, 3.8) is 0 Å². The molecule has 2 N–H and O–H groups in total. The maximum Gasteiger partial charge on any atom is 0.226 e. The van der Waals surface area contributed by atoms with Gasteiger partial charge >= 0.3 is 0 Å². The fourth-order valence-electron chi connectivity index (χ4n) is 5.91. The van der Waals surface area contributed by atoms with Crippen molar-refractivity contribution < 1.29 is 4.79 Å². The van der Waals surface area contributed by atoms with Crippen LogP contribution in [-0.4, -0.2) is 32.0 Å². The number of benzene rings is 2. The van der Waals surface area contributed by atoms with E-state index in [9.17, 15) is 4.79 Å². The number of para-hydroxylation sites is 1. The van der Waals surface area contributed by atoms with E-state index in [1.165, 1.54) is 33.8 Å². The van der Waals surface area contributed by atoms with Crippen molar-refractivity contribution >= 4 is 28.9 Å². The SMILES string of the molecule is CCc1cccc(C)c1-n1c(C)cc([C@@H]2[C@@H](c3ccccn3)NC(=S)N2CCC(=O)Nc2cccc(C)c2)c1C. The van der Waals surface area contributed by atoms with Crippen LogP contribution < -0.4 is 10.6 Å². The number of nitrogens with zero attached hydrogens (tertiary/aromatic N) is 3. The van der Waals surface area contributed by atoms with E-state index in [1.54, 1.807) is 0 Å². The number of thiocarbonyl (C=S) groups is 1. The molecule has 0 radical (unpaired) electrons. The van der Waals surface area contributed by atoms with E-state index < -0.39 is 0 Å². The highest BCUT2D eigenvalue weighted by Crippen LogP contribution is 2.42. The molecular weight excluding hydrogens is 514 g/mol. The number of carbonyl (C=O) groups excluding carboxylic acids is 1. The van der Waals surface area contributed by atoms with Gasteiger partial charge in [-0.05, 0) is 98.9 Å². The molecule has 1 aliphatic heterocycles. The molecule has 1 aliphatic rings. The van der Waals surface area contributed by atoms with Gasteiger partial charge in [0.05, 0.1) is 23.5 Å². The summed E-state index contributed by atoms with van der Waals surface area (Å²) in [7, 11) is 0. The minimum atomic E-state index is -0.134. The lowest BCUT2D eigenvalue weighted by Crippen LogP contribution is -2.33. The third kappa shape index (κ3) is 5.39. The molecule has 6 nitrogen and oxygen atoms in total. The first kappa shape index (κ1) is 27.6. The summed E-state index contributed by atoms with van der Waals surface area (Å²) >= 11 is 5.88. The quantitative estimate of drug-likeness (QED) is 0.240. The number of pyridine rings is 1. The molecule has 0 unspecified atom stereocenters. The molecule has 5 rings (SSSR count). The van der Waals surface area contributed by atoms with Crippen molar-refractivity contribution in [3.05, 3.63) is 112 Å². The second-order valence-electron chi connectivity index (χ2n) is 10.6. The molecule has 0 spiro atoms. The number of amides is 1. The monoisotopic (exact) mass is 551 g/mol. The van der Waals surface area contributed by atoms with E-state index in [2.05, 4.69) is 77.0 Å². The van der Waals surface area contributed by atoms with Gasteiger partial charge in [0, 0.05) is 36.2 Å². The van der Waals surface area contributed by atoms with Gasteiger partial charge < -0.3 is 20.1 Å². The minimum Gasteiger partial charge on any atom is -0.352 e. The molecule has 0 aliphatic carbocycles. The highest BCUT2D eigenvalue weighted by Gasteiger charge is 2.41. The van der Waals surface area contributed by atoms with Crippen LogP contribution in [0.15, 0.2) is 72.9 Å². The zero-order chi connectivity index (χ0) is 28.4. The van der Waals surface area contributed by atoms with Crippen LogP contribution in [0.1, 0.15) is 64.8 Å². The lowest BCUT2D eigenvalue weighted by Gasteiger charge is -2.28. The Morgan fingerprint density at radius 3 is 2.55 bits per heavy atom. The lowest BCUT2D eigenvalue weighted by atomic mass is 9.96. The van der Waals surface area contributed by atoms with E-state index in [-0.39, 0.29) is 18.0 Å². The first-order valence-corrected chi connectivity index (χ1v) is 14.3.